The first kappa shape index (κ1) is 17.4. The number of rotatable bonds is 7. The van der Waals surface area contributed by atoms with E-state index in [1.54, 1.807) is 12.1 Å². The van der Waals surface area contributed by atoms with Gasteiger partial charge in [-0.25, -0.2) is 4.39 Å². The smallest absolute Gasteiger partial charge is 0.224 e. The Bertz CT molecular complexity index is 559. The second kappa shape index (κ2) is 7.62. The number of hydrogen-bond acceptors (Lipinski definition) is 3. The van der Waals surface area contributed by atoms with Crippen molar-refractivity contribution in [3.8, 4) is 0 Å². The average Bonchev–Trinajstić information content (AvgIpc) is 3.32. The third-order valence-electron chi connectivity index (χ3n) is 5.21. The largest absolute Gasteiger partial charge is 0.387 e. The Hall–Kier alpha value is -1.46. The van der Waals surface area contributed by atoms with E-state index in [-0.39, 0.29) is 11.7 Å². The van der Waals surface area contributed by atoms with E-state index >= 15 is 0 Å². The van der Waals surface area contributed by atoms with Crippen molar-refractivity contribution < 1.29 is 14.3 Å². The van der Waals surface area contributed by atoms with Gasteiger partial charge in [-0.1, -0.05) is 12.1 Å². The molecule has 0 spiro atoms. The Labute approximate surface area is 143 Å². The molecule has 1 saturated carbocycles. The summed E-state index contributed by atoms with van der Waals surface area (Å²) in [5.41, 5.74) is 0.724. The highest BCUT2D eigenvalue weighted by molar-refractivity contribution is 5.77. The standard InChI is InChI=1S/C19H27FN2O2/c1-14-3-2-11-22(14)19(24)10-12-21(17-8-9-17)13-18(23)15-4-6-16(20)7-5-15/h4-7,14,17-18,23H,2-3,8-13H2,1H3. The highest BCUT2D eigenvalue weighted by Gasteiger charge is 2.32. The topological polar surface area (TPSA) is 43.8 Å². The van der Waals surface area contributed by atoms with Crippen LogP contribution >= 0.6 is 0 Å². The van der Waals surface area contributed by atoms with Gasteiger partial charge in [0.1, 0.15) is 5.82 Å². The monoisotopic (exact) mass is 334 g/mol. The number of nitrogens with zero attached hydrogens (tertiary/aromatic N) is 2. The van der Waals surface area contributed by atoms with Gasteiger partial charge in [-0.05, 0) is 50.3 Å². The highest BCUT2D eigenvalue weighted by atomic mass is 19.1. The van der Waals surface area contributed by atoms with Crippen molar-refractivity contribution in [2.24, 2.45) is 0 Å². The van der Waals surface area contributed by atoms with E-state index in [0.29, 0.717) is 31.6 Å². The number of carbonyl (C=O) groups is 1. The van der Waals surface area contributed by atoms with Crippen LogP contribution in [0.4, 0.5) is 4.39 Å². The predicted octanol–water partition coefficient (Wildman–Crippen LogP) is 2.72. The summed E-state index contributed by atoms with van der Waals surface area (Å²) in [5, 5.41) is 10.4. The first-order valence-corrected chi connectivity index (χ1v) is 9.01. The van der Waals surface area contributed by atoms with Gasteiger partial charge in [0.05, 0.1) is 6.10 Å². The van der Waals surface area contributed by atoms with Crippen LogP contribution in [0.3, 0.4) is 0 Å². The fourth-order valence-corrected chi connectivity index (χ4v) is 3.56. The van der Waals surface area contributed by atoms with Crippen LogP contribution in [0, 0.1) is 5.82 Å². The van der Waals surface area contributed by atoms with Gasteiger partial charge in [-0.2, -0.15) is 0 Å². The molecule has 1 amide bonds. The number of benzene rings is 1. The van der Waals surface area contributed by atoms with Crippen LogP contribution in [0.15, 0.2) is 24.3 Å². The van der Waals surface area contributed by atoms with Crippen molar-refractivity contribution in [2.45, 2.75) is 57.2 Å². The normalized spacial score (nSPS) is 22.2. The maximum Gasteiger partial charge on any atom is 0.224 e. The molecule has 2 fully saturated rings. The minimum absolute atomic E-state index is 0.224. The lowest BCUT2D eigenvalue weighted by Crippen LogP contribution is -2.38. The minimum atomic E-state index is -0.646. The number of carbonyl (C=O) groups excluding carboxylic acids is 1. The third-order valence-corrected chi connectivity index (χ3v) is 5.21. The second-order valence-electron chi connectivity index (χ2n) is 7.12. The van der Waals surface area contributed by atoms with Crippen molar-refractivity contribution >= 4 is 5.91 Å². The van der Waals surface area contributed by atoms with Gasteiger partial charge in [0, 0.05) is 38.1 Å². The van der Waals surface area contributed by atoms with E-state index in [9.17, 15) is 14.3 Å². The summed E-state index contributed by atoms with van der Waals surface area (Å²) in [6.45, 7) is 4.17. The molecule has 1 heterocycles. The Balaban J connectivity index is 1.53. The maximum atomic E-state index is 13.0. The van der Waals surface area contributed by atoms with E-state index < -0.39 is 6.10 Å². The van der Waals surface area contributed by atoms with E-state index in [0.717, 1.165) is 37.8 Å². The summed E-state index contributed by atoms with van der Waals surface area (Å²) < 4.78 is 13.0. The molecule has 132 valence electrons. The molecule has 1 aliphatic carbocycles. The summed E-state index contributed by atoms with van der Waals surface area (Å²) in [4.78, 5) is 16.6. The Kier molecular flexibility index (Phi) is 5.51. The van der Waals surface area contributed by atoms with Gasteiger partial charge in [0.25, 0.3) is 0 Å². The number of aliphatic hydroxyl groups is 1. The molecule has 0 bridgehead atoms. The Morgan fingerprint density at radius 2 is 2.04 bits per heavy atom. The zero-order valence-corrected chi connectivity index (χ0v) is 14.3. The van der Waals surface area contributed by atoms with Crippen molar-refractivity contribution in [3.63, 3.8) is 0 Å². The number of hydrogen-bond donors (Lipinski definition) is 1. The summed E-state index contributed by atoms with van der Waals surface area (Å²) in [6, 6.07) is 6.83. The Morgan fingerprint density at radius 3 is 2.62 bits per heavy atom. The van der Waals surface area contributed by atoms with Crippen LogP contribution < -0.4 is 0 Å². The van der Waals surface area contributed by atoms with Crippen LogP contribution in [0.2, 0.25) is 0 Å². The van der Waals surface area contributed by atoms with Gasteiger partial charge in [0.15, 0.2) is 0 Å². The molecule has 1 aromatic carbocycles. The fourth-order valence-electron chi connectivity index (χ4n) is 3.56. The number of halogens is 1. The Morgan fingerprint density at radius 1 is 1.33 bits per heavy atom. The summed E-state index contributed by atoms with van der Waals surface area (Å²) in [7, 11) is 0. The third kappa shape index (κ3) is 4.33. The van der Waals surface area contributed by atoms with Gasteiger partial charge < -0.3 is 10.0 Å². The molecular weight excluding hydrogens is 307 g/mol. The van der Waals surface area contributed by atoms with Crippen LogP contribution in [-0.4, -0.2) is 52.5 Å². The average molecular weight is 334 g/mol. The molecule has 2 unspecified atom stereocenters. The van der Waals surface area contributed by atoms with E-state index in [1.807, 2.05) is 4.90 Å². The van der Waals surface area contributed by atoms with Crippen LogP contribution in [0.25, 0.3) is 0 Å². The molecule has 3 rings (SSSR count). The quantitative estimate of drug-likeness (QED) is 0.834. The minimum Gasteiger partial charge on any atom is -0.387 e. The molecule has 1 aliphatic heterocycles. The number of aliphatic hydroxyl groups excluding tert-OH is 1. The molecule has 4 nitrogen and oxygen atoms in total. The maximum absolute atomic E-state index is 13.0. The predicted molar refractivity (Wildman–Crippen MR) is 91.0 cm³/mol. The molecule has 5 heteroatoms. The highest BCUT2D eigenvalue weighted by Crippen LogP contribution is 2.29. The number of amides is 1. The van der Waals surface area contributed by atoms with E-state index in [2.05, 4.69) is 11.8 Å². The number of likely N-dealkylation sites (tertiary alicyclic amines) is 1. The molecule has 0 aromatic heterocycles. The van der Waals surface area contributed by atoms with Crippen molar-refractivity contribution in [2.75, 3.05) is 19.6 Å². The van der Waals surface area contributed by atoms with E-state index in [4.69, 9.17) is 0 Å². The van der Waals surface area contributed by atoms with Crippen molar-refractivity contribution in [1.82, 2.24) is 9.80 Å². The molecule has 1 saturated heterocycles. The van der Waals surface area contributed by atoms with Gasteiger partial charge >= 0.3 is 0 Å². The molecule has 0 radical (unpaired) electrons. The van der Waals surface area contributed by atoms with Crippen LogP contribution in [0.1, 0.15) is 50.7 Å². The first-order valence-electron chi connectivity index (χ1n) is 9.01. The molecule has 2 atom stereocenters. The zero-order valence-electron chi connectivity index (χ0n) is 14.3. The van der Waals surface area contributed by atoms with Crippen molar-refractivity contribution in [3.05, 3.63) is 35.6 Å². The molecule has 1 N–H and O–H groups in total. The summed E-state index contributed by atoms with van der Waals surface area (Å²) in [5.74, 6) is -0.0720. The van der Waals surface area contributed by atoms with Crippen LogP contribution in [-0.2, 0) is 4.79 Å². The van der Waals surface area contributed by atoms with E-state index in [1.165, 1.54) is 12.1 Å². The molecule has 24 heavy (non-hydrogen) atoms. The zero-order chi connectivity index (χ0) is 17.1. The van der Waals surface area contributed by atoms with Crippen LogP contribution in [0.5, 0.6) is 0 Å². The first-order chi connectivity index (χ1) is 11.5. The second-order valence-corrected chi connectivity index (χ2v) is 7.12. The molecular formula is C19H27FN2O2. The lowest BCUT2D eigenvalue weighted by Gasteiger charge is -2.27. The van der Waals surface area contributed by atoms with Crippen molar-refractivity contribution in [1.29, 1.82) is 0 Å². The summed E-state index contributed by atoms with van der Waals surface area (Å²) >= 11 is 0. The molecule has 2 aliphatic rings. The fraction of sp³-hybridized carbons (Fsp3) is 0.632. The molecule has 1 aromatic rings. The lowest BCUT2D eigenvalue weighted by molar-refractivity contribution is -0.132. The van der Waals surface area contributed by atoms with Gasteiger partial charge in [0.2, 0.25) is 5.91 Å². The SMILES string of the molecule is CC1CCCN1C(=O)CCN(CC(O)c1ccc(F)cc1)C1CC1. The van der Waals surface area contributed by atoms with Gasteiger partial charge in [-0.15, -0.1) is 0 Å². The van der Waals surface area contributed by atoms with Gasteiger partial charge in [-0.3, -0.25) is 9.69 Å². The lowest BCUT2D eigenvalue weighted by atomic mass is 10.1. The summed E-state index contributed by atoms with van der Waals surface area (Å²) in [6.07, 6.45) is 4.32.